The lowest BCUT2D eigenvalue weighted by molar-refractivity contribution is -0.380. The highest BCUT2D eigenvalue weighted by molar-refractivity contribution is 7.13. The molecule has 0 saturated carbocycles. The van der Waals surface area contributed by atoms with Gasteiger partial charge in [-0.3, -0.25) is 10.1 Å². The van der Waals surface area contributed by atoms with Gasteiger partial charge in [-0.1, -0.05) is 11.3 Å². The van der Waals surface area contributed by atoms with Gasteiger partial charge in [0.05, 0.1) is 16.7 Å². The van der Waals surface area contributed by atoms with E-state index in [1.165, 1.54) is 11.4 Å². The number of thiophene rings is 1. The maximum Gasteiger partial charge on any atom is 0.326 e. The molecule has 7 heteroatoms. The van der Waals surface area contributed by atoms with Crippen LogP contribution in [0.15, 0.2) is 11.4 Å². The van der Waals surface area contributed by atoms with E-state index in [1.807, 2.05) is 0 Å². The summed E-state index contributed by atoms with van der Waals surface area (Å²) in [5.41, 5.74) is 5.14. The van der Waals surface area contributed by atoms with Gasteiger partial charge in [-0.2, -0.15) is 0 Å². The van der Waals surface area contributed by atoms with Crippen molar-refractivity contribution in [2.75, 3.05) is 5.32 Å². The monoisotopic (exact) mass is 187 g/mol. The summed E-state index contributed by atoms with van der Waals surface area (Å²) in [4.78, 5) is 19.9. The molecule has 12 heavy (non-hydrogen) atoms. The van der Waals surface area contributed by atoms with Gasteiger partial charge in [-0.15, -0.1) is 0 Å². The fourth-order valence-electron chi connectivity index (χ4n) is 0.628. The van der Waals surface area contributed by atoms with Gasteiger partial charge in [0.25, 0.3) is 0 Å². The largest absolute Gasteiger partial charge is 0.351 e. The number of hydrogen-bond acceptors (Lipinski definition) is 4. The molecule has 1 aromatic rings. The van der Waals surface area contributed by atoms with Crippen molar-refractivity contribution in [3.63, 3.8) is 0 Å². The number of hydrogen-bond donors (Lipinski definition) is 2. The lowest BCUT2D eigenvalue weighted by Crippen LogP contribution is -2.18. The Morgan fingerprint density at radius 3 is 2.83 bits per heavy atom. The average molecular weight is 187 g/mol. The molecule has 0 radical (unpaired) electrons. The van der Waals surface area contributed by atoms with Crippen LogP contribution in [0, 0.1) is 10.1 Å². The molecule has 0 saturated heterocycles. The topological polar surface area (TPSA) is 98.3 Å². The number of nitrogens with two attached hydrogens (primary N) is 1. The predicted octanol–water partition coefficient (Wildman–Crippen LogP) is 1.15. The summed E-state index contributed by atoms with van der Waals surface area (Å²) in [7, 11) is 0. The van der Waals surface area contributed by atoms with Crippen LogP contribution in [0.1, 0.15) is 0 Å². The maximum absolute atomic E-state index is 10.3. The molecule has 0 fully saturated rings. The number of urea groups is 1. The molecule has 1 heterocycles. The Morgan fingerprint density at radius 1 is 1.75 bits per heavy atom. The second-order valence-corrected chi connectivity index (χ2v) is 2.81. The number of nitrogens with zero attached hydrogens (tertiary/aromatic N) is 1. The van der Waals surface area contributed by atoms with E-state index in [-0.39, 0.29) is 5.00 Å². The molecular weight excluding hydrogens is 182 g/mol. The minimum Gasteiger partial charge on any atom is -0.351 e. The predicted molar refractivity (Wildman–Crippen MR) is 44.2 cm³/mol. The summed E-state index contributed by atoms with van der Waals surface area (Å²) in [5, 5.41) is 13.8. The lowest BCUT2D eigenvalue weighted by atomic mass is 10.5. The van der Waals surface area contributed by atoms with Gasteiger partial charge in [0.2, 0.25) is 0 Å². The molecule has 0 unspecified atom stereocenters. The Morgan fingerprint density at radius 2 is 2.42 bits per heavy atom. The van der Waals surface area contributed by atoms with Crippen molar-refractivity contribution in [2.24, 2.45) is 5.73 Å². The zero-order valence-corrected chi connectivity index (χ0v) is 6.63. The van der Waals surface area contributed by atoms with Gasteiger partial charge in [-0.05, 0) is 0 Å². The highest BCUT2D eigenvalue weighted by Gasteiger charge is 2.09. The highest BCUT2D eigenvalue weighted by Crippen LogP contribution is 2.25. The average Bonchev–Trinajstić information content (AvgIpc) is 2.34. The minimum atomic E-state index is -0.734. The molecule has 3 N–H and O–H groups in total. The Kier molecular flexibility index (Phi) is 2.24. The molecule has 6 nitrogen and oxygen atoms in total. The molecule has 0 aromatic carbocycles. The second kappa shape index (κ2) is 3.18. The van der Waals surface area contributed by atoms with Crippen LogP contribution in [0.3, 0.4) is 0 Å². The summed E-state index contributed by atoms with van der Waals surface area (Å²) < 4.78 is 0. The fourth-order valence-corrected chi connectivity index (χ4v) is 1.28. The standard InChI is InChI=1S/C5H5N3O3S/c6-5(9)7-3-1-4(8(10)11)12-2-3/h1-2H,(H3,6,7,9). The zero-order valence-electron chi connectivity index (χ0n) is 5.81. The quantitative estimate of drug-likeness (QED) is 0.536. The third-order valence-electron chi connectivity index (χ3n) is 1.03. The molecule has 0 atom stereocenters. The van der Waals surface area contributed by atoms with Crippen molar-refractivity contribution in [3.05, 3.63) is 21.6 Å². The Labute approximate surface area is 71.1 Å². The molecule has 0 aliphatic heterocycles. The van der Waals surface area contributed by atoms with Crippen LogP contribution >= 0.6 is 11.3 Å². The summed E-state index contributed by atoms with van der Waals surface area (Å²) >= 11 is 0.930. The van der Waals surface area contributed by atoms with Gasteiger partial charge in [0, 0.05) is 5.38 Å². The van der Waals surface area contributed by atoms with Gasteiger partial charge in [0.15, 0.2) is 0 Å². The summed E-state index contributed by atoms with van der Waals surface area (Å²) in [6.07, 6.45) is 0. The number of carbonyl (C=O) groups excluding carboxylic acids is 1. The van der Waals surface area contributed by atoms with Crippen LogP contribution in [0.4, 0.5) is 15.5 Å². The van der Waals surface area contributed by atoms with E-state index in [1.54, 1.807) is 0 Å². The van der Waals surface area contributed by atoms with Gasteiger partial charge in [-0.25, -0.2) is 4.79 Å². The van der Waals surface area contributed by atoms with E-state index < -0.39 is 11.0 Å². The van der Waals surface area contributed by atoms with Crippen molar-refractivity contribution in [1.82, 2.24) is 0 Å². The van der Waals surface area contributed by atoms with E-state index in [0.717, 1.165) is 11.3 Å². The van der Waals surface area contributed by atoms with Crippen molar-refractivity contribution < 1.29 is 9.72 Å². The number of nitro groups is 1. The number of anilines is 1. The van der Waals surface area contributed by atoms with E-state index in [9.17, 15) is 14.9 Å². The van der Waals surface area contributed by atoms with Gasteiger partial charge in [0.1, 0.15) is 0 Å². The molecule has 0 bridgehead atoms. The van der Waals surface area contributed by atoms with E-state index in [2.05, 4.69) is 5.32 Å². The first-order valence-corrected chi connectivity index (χ1v) is 3.77. The van der Waals surface area contributed by atoms with Crippen LogP contribution in [0.25, 0.3) is 0 Å². The summed E-state index contributed by atoms with van der Waals surface area (Å²) in [6.45, 7) is 0. The molecular formula is C5H5N3O3S. The van der Waals surface area contributed by atoms with Crippen LogP contribution in [-0.4, -0.2) is 11.0 Å². The number of primary amides is 1. The molecule has 0 aliphatic rings. The Bertz CT molecular complexity index is 321. The van der Waals surface area contributed by atoms with Crippen molar-refractivity contribution in [1.29, 1.82) is 0 Å². The highest BCUT2D eigenvalue weighted by atomic mass is 32.1. The SMILES string of the molecule is NC(=O)Nc1csc([N+](=O)[O-])c1. The van der Waals surface area contributed by atoms with E-state index in [0.29, 0.717) is 5.69 Å². The Hall–Kier alpha value is -1.63. The van der Waals surface area contributed by atoms with Crippen molar-refractivity contribution in [3.8, 4) is 0 Å². The van der Waals surface area contributed by atoms with Crippen molar-refractivity contribution >= 4 is 28.1 Å². The van der Waals surface area contributed by atoms with Crippen LogP contribution in [0.5, 0.6) is 0 Å². The van der Waals surface area contributed by atoms with Crippen LogP contribution < -0.4 is 11.1 Å². The summed E-state index contributed by atoms with van der Waals surface area (Å²) in [6, 6.07) is 0.512. The second-order valence-electron chi connectivity index (χ2n) is 1.92. The number of amides is 2. The molecule has 1 aromatic heterocycles. The maximum atomic E-state index is 10.3. The molecule has 64 valence electrons. The lowest BCUT2D eigenvalue weighted by Gasteiger charge is -1.92. The molecule has 2 amide bonds. The fraction of sp³-hybridized carbons (Fsp3) is 0. The van der Waals surface area contributed by atoms with Crippen molar-refractivity contribution in [2.45, 2.75) is 0 Å². The third-order valence-corrected chi connectivity index (χ3v) is 1.91. The number of nitrogens with one attached hydrogen (secondary N) is 1. The molecule has 0 aliphatic carbocycles. The first kappa shape index (κ1) is 8.47. The van der Waals surface area contributed by atoms with Crippen LogP contribution in [0.2, 0.25) is 0 Å². The smallest absolute Gasteiger partial charge is 0.326 e. The summed E-state index contributed by atoms with van der Waals surface area (Å²) in [5.74, 6) is 0. The first-order valence-electron chi connectivity index (χ1n) is 2.89. The molecule has 1 rings (SSSR count). The van der Waals surface area contributed by atoms with Crippen LogP contribution in [-0.2, 0) is 0 Å². The first-order chi connectivity index (χ1) is 5.59. The number of carbonyl (C=O) groups is 1. The number of rotatable bonds is 2. The zero-order chi connectivity index (χ0) is 9.14. The third kappa shape index (κ3) is 1.92. The van der Waals surface area contributed by atoms with Gasteiger partial charge < -0.3 is 11.1 Å². The minimum absolute atomic E-state index is 0.0289. The Balaban J connectivity index is 2.77. The van der Waals surface area contributed by atoms with Gasteiger partial charge >= 0.3 is 11.0 Å². The van der Waals surface area contributed by atoms with E-state index in [4.69, 9.17) is 5.73 Å². The van der Waals surface area contributed by atoms with E-state index >= 15 is 0 Å². The molecule has 0 spiro atoms. The normalized spacial score (nSPS) is 9.33.